The van der Waals surface area contributed by atoms with Crippen molar-refractivity contribution in [2.24, 2.45) is 5.92 Å². The van der Waals surface area contributed by atoms with Gasteiger partial charge in [-0.3, -0.25) is 9.59 Å². The molecule has 102 valence electrons. The van der Waals surface area contributed by atoms with Gasteiger partial charge in [0.05, 0.1) is 0 Å². The lowest BCUT2D eigenvalue weighted by Crippen LogP contribution is -2.23. The average Bonchev–Trinajstić information content (AvgIpc) is 2.46. The zero-order valence-corrected chi connectivity index (χ0v) is 11.4. The van der Waals surface area contributed by atoms with Crippen LogP contribution < -0.4 is 4.74 Å². The van der Waals surface area contributed by atoms with E-state index in [0.717, 1.165) is 25.7 Å². The van der Waals surface area contributed by atoms with Gasteiger partial charge in [0.2, 0.25) is 0 Å². The number of hydrogen-bond acceptors (Lipinski definition) is 3. The van der Waals surface area contributed by atoms with Crippen LogP contribution in [0.1, 0.15) is 49.4 Å². The van der Waals surface area contributed by atoms with E-state index in [-0.39, 0.29) is 24.1 Å². The van der Waals surface area contributed by atoms with E-state index >= 15 is 0 Å². The molecular weight excluding hydrogens is 240 g/mol. The van der Waals surface area contributed by atoms with Gasteiger partial charge in [-0.1, -0.05) is 19.3 Å². The molecule has 0 unspecified atom stereocenters. The molecule has 19 heavy (non-hydrogen) atoms. The number of ketones is 2. The molecule has 1 fully saturated rings. The summed E-state index contributed by atoms with van der Waals surface area (Å²) in [6, 6.07) is 6.93. The highest BCUT2D eigenvalue weighted by molar-refractivity contribution is 5.94. The fourth-order valence-corrected chi connectivity index (χ4v) is 2.48. The second kappa shape index (κ2) is 6.50. The van der Waals surface area contributed by atoms with Crippen molar-refractivity contribution in [1.82, 2.24) is 0 Å². The fraction of sp³-hybridized carbons (Fsp3) is 0.500. The minimum absolute atomic E-state index is 0.0323. The number of hydrogen-bond donors (Lipinski definition) is 0. The maximum absolute atomic E-state index is 12.0. The normalized spacial score (nSPS) is 16.1. The summed E-state index contributed by atoms with van der Waals surface area (Å²) in [5.41, 5.74) is 0.658. The second-order valence-corrected chi connectivity index (χ2v) is 5.17. The van der Waals surface area contributed by atoms with Crippen LogP contribution in [0.25, 0.3) is 0 Å². The predicted octanol–water partition coefficient (Wildman–Crippen LogP) is 3.42. The van der Waals surface area contributed by atoms with Crippen molar-refractivity contribution in [3.8, 4) is 5.75 Å². The van der Waals surface area contributed by atoms with Gasteiger partial charge in [0.15, 0.2) is 11.6 Å². The van der Waals surface area contributed by atoms with E-state index in [2.05, 4.69) is 0 Å². The van der Waals surface area contributed by atoms with Gasteiger partial charge >= 0.3 is 0 Å². The van der Waals surface area contributed by atoms with Crippen molar-refractivity contribution in [2.45, 2.75) is 39.0 Å². The number of benzene rings is 1. The molecule has 1 aliphatic carbocycles. The van der Waals surface area contributed by atoms with Gasteiger partial charge in [-0.25, -0.2) is 0 Å². The molecule has 0 saturated heterocycles. The molecule has 0 radical (unpaired) electrons. The number of ether oxygens (including phenoxy) is 1. The average molecular weight is 260 g/mol. The number of Topliss-reactive ketones (excluding diaryl/α,β-unsaturated/α-hetero) is 2. The van der Waals surface area contributed by atoms with E-state index in [1.807, 2.05) is 0 Å². The molecule has 3 nitrogen and oxygen atoms in total. The predicted molar refractivity (Wildman–Crippen MR) is 73.5 cm³/mol. The molecular formula is C16H20O3. The molecule has 0 atom stereocenters. The summed E-state index contributed by atoms with van der Waals surface area (Å²) < 4.78 is 5.49. The van der Waals surface area contributed by atoms with Crippen molar-refractivity contribution >= 4 is 11.6 Å². The molecule has 3 heteroatoms. The van der Waals surface area contributed by atoms with Crippen molar-refractivity contribution in [2.75, 3.05) is 6.61 Å². The molecule has 1 saturated carbocycles. The van der Waals surface area contributed by atoms with Crippen LogP contribution in [-0.4, -0.2) is 18.2 Å². The Balaban J connectivity index is 1.84. The highest BCUT2D eigenvalue weighted by Crippen LogP contribution is 2.24. The van der Waals surface area contributed by atoms with Crippen molar-refractivity contribution in [3.05, 3.63) is 29.8 Å². The summed E-state index contributed by atoms with van der Waals surface area (Å²) in [5.74, 6) is 1.07. The molecule has 2 rings (SSSR count). The van der Waals surface area contributed by atoms with Crippen LogP contribution >= 0.6 is 0 Å². The Morgan fingerprint density at radius 1 is 1.11 bits per heavy atom. The molecule has 0 aliphatic heterocycles. The van der Waals surface area contributed by atoms with Gasteiger partial charge in [0, 0.05) is 11.5 Å². The maximum Gasteiger partial charge on any atom is 0.173 e. The van der Waals surface area contributed by atoms with Crippen LogP contribution in [0.15, 0.2) is 24.3 Å². The van der Waals surface area contributed by atoms with E-state index < -0.39 is 0 Å². The third kappa shape index (κ3) is 3.91. The molecule has 0 spiro atoms. The largest absolute Gasteiger partial charge is 0.486 e. The van der Waals surface area contributed by atoms with Crippen LogP contribution in [-0.2, 0) is 4.79 Å². The lowest BCUT2D eigenvalue weighted by molar-refractivity contribution is -0.125. The molecule has 1 aromatic carbocycles. The highest BCUT2D eigenvalue weighted by atomic mass is 16.5. The Labute approximate surface area is 114 Å². The SMILES string of the molecule is CC(=O)c1ccc(OCC(=O)C2CCCCC2)cc1. The van der Waals surface area contributed by atoms with E-state index in [4.69, 9.17) is 4.74 Å². The highest BCUT2D eigenvalue weighted by Gasteiger charge is 2.21. The summed E-state index contributed by atoms with van der Waals surface area (Å²) in [6.45, 7) is 1.67. The monoisotopic (exact) mass is 260 g/mol. The van der Waals surface area contributed by atoms with E-state index in [0.29, 0.717) is 11.3 Å². The molecule has 0 heterocycles. The first-order valence-electron chi connectivity index (χ1n) is 6.93. The molecule has 0 bridgehead atoms. The van der Waals surface area contributed by atoms with Crippen LogP contribution in [0, 0.1) is 5.92 Å². The Bertz CT molecular complexity index is 442. The number of carbonyl (C=O) groups excluding carboxylic acids is 2. The van der Waals surface area contributed by atoms with Gasteiger partial charge in [-0.15, -0.1) is 0 Å². The molecule has 1 aliphatic rings. The Kier molecular flexibility index (Phi) is 4.72. The minimum Gasteiger partial charge on any atom is -0.486 e. The van der Waals surface area contributed by atoms with Gasteiger partial charge in [-0.05, 0) is 44.0 Å². The minimum atomic E-state index is 0.0323. The smallest absolute Gasteiger partial charge is 0.173 e. The van der Waals surface area contributed by atoms with Gasteiger partial charge in [-0.2, -0.15) is 0 Å². The molecule has 1 aromatic rings. The third-order valence-electron chi connectivity index (χ3n) is 3.70. The maximum atomic E-state index is 12.0. The zero-order valence-electron chi connectivity index (χ0n) is 11.4. The van der Waals surface area contributed by atoms with Crippen LogP contribution in [0.5, 0.6) is 5.75 Å². The van der Waals surface area contributed by atoms with Gasteiger partial charge in [0.25, 0.3) is 0 Å². The zero-order chi connectivity index (χ0) is 13.7. The van der Waals surface area contributed by atoms with E-state index in [1.54, 1.807) is 24.3 Å². The van der Waals surface area contributed by atoms with Crippen molar-refractivity contribution in [1.29, 1.82) is 0 Å². The van der Waals surface area contributed by atoms with E-state index in [1.165, 1.54) is 13.3 Å². The molecule has 0 N–H and O–H groups in total. The van der Waals surface area contributed by atoms with Gasteiger partial charge in [0.1, 0.15) is 12.4 Å². The molecule has 0 aromatic heterocycles. The Hall–Kier alpha value is -1.64. The number of carbonyl (C=O) groups is 2. The second-order valence-electron chi connectivity index (χ2n) is 5.17. The first-order chi connectivity index (χ1) is 9.16. The fourth-order valence-electron chi connectivity index (χ4n) is 2.48. The first kappa shape index (κ1) is 13.8. The van der Waals surface area contributed by atoms with Crippen LogP contribution in [0.3, 0.4) is 0 Å². The lowest BCUT2D eigenvalue weighted by atomic mass is 9.86. The topological polar surface area (TPSA) is 43.4 Å². The lowest BCUT2D eigenvalue weighted by Gasteiger charge is -2.20. The van der Waals surface area contributed by atoms with Crippen molar-refractivity contribution in [3.63, 3.8) is 0 Å². The quantitative estimate of drug-likeness (QED) is 0.762. The van der Waals surface area contributed by atoms with Crippen LogP contribution in [0.4, 0.5) is 0 Å². The standard InChI is InChI=1S/C16H20O3/c1-12(17)13-7-9-15(10-8-13)19-11-16(18)14-5-3-2-4-6-14/h7-10,14H,2-6,11H2,1H3. The van der Waals surface area contributed by atoms with E-state index in [9.17, 15) is 9.59 Å². The summed E-state index contributed by atoms with van der Waals surface area (Å²) in [4.78, 5) is 23.1. The first-order valence-corrected chi connectivity index (χ1v) is 6.93. The summed E-state index contributed by atoms with van der Waals surface area (Å²) in [5, 5.41) is 0. The summed E-state index contributed by atoms with van der Waals surface area (Å²) in [6.07, 6.45) is 5.57. The Morgan fingerprint density at radius 3 is 2.32 bits per heavy atom. The number of rotatable bonds is 5. The molecule has 0 amide bonds. The summed E-state index contributed by atoms with van der Waals surface area (Å²) in [7, 11) is 0. The van der Waals surface area contributed by atoms with Gasteiger partial charge < -0.3 is 4.74 Å². The third-order valence-corrected chi connectivity index (χ3v) is 3.70. The van der Waals surface area contributed by atoms with Crippen molar-refractivity contribution < 1.29 is 14.3 Å². The summed E-state index contributed by atoms with van der Waals surface area (Å²) >= 11 is 0. The Morgan fingerprint density at radius 2 is 1.74 bits per heavy atom. The van der Waals surface area contributed by atoms with Crippen LogP contribution in [0.2, 0.25) is 0 Å².